The van der Waals surface area contributed by atoms with Gasteiger partial charge in [0.2, 0.25) is 12.3 Å². The van der Waals surface area contributed by atoms with E-state index in [1.54, 1.807) is 24.3 Å². The van der Waals surface area contributed by atoms with Crippen LogP contribution in [0.25, 0.3) is 0 Å². The maximum absolute atomic E-state index is 12.3. The summed E-state index contributed by atoms with van der Waals surface area (Å²) in [6, 6.07) is 14.2. The fourth-order valence-corrected chi connectivity index (χ4v) is 4.20. The zero-order valence-corrected chi connectivity index (χ0v) is 23.4. The van der Waals surface area contributed by atoms with E-state index in [0.717, 1.165) is 22.3 Å². The quantitative estimate of drug-likeness (QED) is 0.0504. The molecule has 10 nitrogen and oxygen atoms in total. The number of carbonyl (C=O) groups is 3. The Morgan fingerprint density at radius 2 is 1.73 bits per heavy atom. The number of amides is 2. The van der Waals surface area contributed by atoms with Crippen molar-refractivity contribution in [2.75, 3.05) is 6.54 Å². The Hall–Kier alpha value is -4.22. The van der Waals surface area contributed by atoms with Gasteiger partial charge in [-0.25, -0.2) is 0 Å². The van der Waals surface area contributed by atoms with E-state index in [4.69, 9.17) is 21.7 Å². The molecule has 0 fully saturated rings. The van der Waals surface area contributed by atoms with Crippen LogP contribution >= 0.6 is 11.9 Å². The number of carbonyl (C=O) groups excluding carboxylic acids is 2. The molecule has 0 aliphatic heterocycles. The number of amidine groups is 1. The molecule has 0 spiro atoms. The van der Waals surface area contributed by atoms with Crippen molar-refractivity contribution in [2.24, 2.45) is 5.73 Å². The van der Waals surface area contributed by atoms with Gasteiger partial charge in [0.15, 0.2) is 0 Å². The van der Waals surface area contributed by atoms with Gasteiger partial charge in [0.1, 0.15) is 5.84 Å². The highest BCUT2D eigenvalue weighted by molar-refractivity contribution is 7.96. The molecule has 0 aliphatic carbocycles. The Morgan fingerprint density at radius 1 is 1.10 bits per heavy atom. The molecule has 0 heterocycles. The van der Waals surface area contributed by atoms with E-state index in [-0.39, 0.29) is 24.2 Å². The summed E-state index contributed by atoms with van der Waals surface area (Å²) >= 11 is 1.44. The molecule has 2 aromatic rings. The number of benzene rings is 2. The minimum Gasteiger partial charge on any atom is -0.481 e. The summed E-state index contributed by atoms with van der Waals surface area (Å²) in [5.41, 5.74) is 9.68. The number of nitrogens with one attached hydrogen (secondary N) is 5. The Morgan fingerprint density at radius 3 is 2.25 bits per heavy atom. The highest BCUT2D eigenvalue weighted by Crippen LogP contribution is 2.15. The first-order chi connectivity index (χ1) is 19.2. The monoisotopic (exact) mass is 566 g/mol. The van der Waals surface area contributed by atoms with Crippen molar-refractivity contribution in [2.45, 2.75) is 44.5 Å². The van der Waals surface area contributed by atoms with Gasteiger partial charge in [-0.05, 0) is 48.1 Å². The highest BCUT2D eigenvalue weighted by atomic mass is 32.2. The van der Waals surface area contributed by atoms with E-state index in [1.807, 2.05) is 43.3 Å². The van der Waals surface area contributed by atoms with Crippen LogP contribution in [0.4, 0.5) is 0 Å². The van der Waals surface area contributed by atoms with E-state index >= 15 is 0 Å². The molecule has 0 saturated heterocycles. The van der Waals surface area contributed by atoms with Crippen molar-refractivity contribution in [3.05, 3.63) is 95.1 Å². The molecule has 2 aromatic carbocycles. The molecule has 0 aliphatic rings. The standard InChI is InChI=1S/C20H27N3O3S.C9H11N3O/c1-3-15(11-12-21)9-10-18(20(26)22-4-2)23-27-14-17-7-5-16(6-8-17)13-19(24)25;10-9(11)8-3-1-7(2-4-8)5-12-6-13/h3,5-8,11-12,18,21,23H,1,4,9-10,13-14H2,2H3,(H,22,26)(H,24,25);1-4,6H,5H2,(H3,10,11)(H,12,13)/b15-11+,21-12?;. The number of aliphatic carboxylic acids is 1. The average molecular weight is 567 g/mol. The van der Waals surface area contributed by atoms with Gasteiger partial charge in [-0.3, -0.25) is 24.5 Å². The van der Waals surface area contributed by atoms with E-state index in [1.165, 1.54) is 18.2 Å². The Balaban J connectivity index is 0.000000512. The lowest BCUT2D eigenvalue weighted by atomic mass is 10.1. The van der Waals surface area contributed by atoms with Crippen molar-refractivity contribution in [1.82, 2.24) is 15.4 Å². The number of carboxylic acids is 1. The van der Waals surface area contributed by atoms with Crippen LogP contribution in [-0.2, 0) is 33.1 Å². The molecule has 2 amide bonds. The van der Waals surface area contributed by atoms with Gasteiger partial charge in [0, 0.05) is 30.6 Å². The molecular formula is C29H38N6O4S. The van der Waals surface area contributed by atoms with Crippen LogP contribution in [0.5, 0.6) is 0 Å². The third-order valence-corrected chi connectivity index (χ3v) is 6.37. The van der Waals surface area contributed by atoms with E-state index in [0.29, 0.717) is 43.7 Å². The maximum atomic E-state index is 12.3. The van der Waals surface area contributed by atoms with Crippen molar-refractivity contribution in [1.29, 1.82) is 10.8 Å². The van der Waals surface area contributed by atoms with Gasteiger partial charge >= 0.3 is 5.97 Å². The fraction of sp³-hybridized carbons (Fsp3) is 0.276. The van der Waals surface area contributed by atoms with Crippen LogP contribution in [0, 0.1) is 10.8 Å². The number of rotatable bonds is 17. The minimum atomic E-state index is -0.848. The number of hydrogen-bond acceptors (Lipinski definition) is 7. The summed E-state index contributed by atoms with van der Waals surface area (Å²) < 4.78 is 3.21. The van der Waals surface area contributed by atoms with Crippen LogP contribution in [0.2, 0.25) is 0 Å². The second-order valence-corrected chi connectivity index (χ2v) is 9.31. The molecule has 1 unspecified atom stereocenters. The molecule has 11 heteroatoms. The SMILES string of the molecule is C=C/C(=C\C=N)CCC(NSCc1ccc(CC(=O)O)cc1)C(=O)NCC.N=C(N)c1ccc(CNC=O)cc1. The second-order valence-electron chi connectivity index (χ2n) is 8.50. The summed E-state index contributed by atoms with van der Waals surface area (Å²) in [5.74, 6) is -0.192. The lowest BCUT2D eigenvalue weighted by Gasteiger charge is -2.17. The summed E-state index contributed by atoms with van der Waals surface area (Å²) in [6.45, 7) is 6.68. The lowest BCUT2D eigenvalue weighted by Crippen LogP contribution is -2.41. The van der Waals surface area contributed by atoms with Crippen molar-refractivity contribution in [3.63, 3.8) is 0 Å². The summed E-state index contributed by atoms with van der Waals surface area (Å²) in [5, 5.41) is 28.5. The van der Waals surface area contributed by atoms with Crippen LogP contribution in [0.3, 0.4) is 0 Å². The Bertz CT molecular complexity index is 1150. The van der Waals surface area contributed by atoms with Gasteiger partial charge in [-0.1, -0.05) is 73.1 Å². The zero-order chi connectivity index (χ0) is 29.8. The Labute approximate surface area is 239 Å². The first-order valence-corrected chi connectivity index (χ1v) is 13.6. The molecule has 1 atom stereocenters. The zero-order valence-electron chi connectivity index (χ0n) is 22.6. The molecule has 214 valence electrons. The predicted molar refractivity (Wildman–Crippen MR) is 161 cm³/mol. The third-order valence-electron chi connectivity index (χ3n) is 5.45. The molecule has 40 heavy (non-hydrogen) atoms. The smallest absolute Gasteiger partial charge is 0.307 e. The van der Waals surface area contributed by atoms with Gasteiger partial charge < -0.3 is 26.9 Å². The van der Waals surface area contributed by atoms with E-state index in [2.05, 4.69) is 21.9 Å². The Kier molecular flexibility index (Phi) is 16.7. The highest BCUT2D eigenvalue weighted by Gasteiger charge is 2.17. The number of likely N-dealkylation sites (N-methyl/N-ethyl adjacent to an activating group) is 1. The van der Waals surface area contributed by atoms with Gasteiger partial charge in [-0.2, -0.15) is 0 Å². The van der Waals surface area contributed by atoms with Crippen LogP contribution in [-0.4, -0.2) is 48.0 Å². The maximum Gasteiger partial charge on any atom is 0.307 e. The topological polar surface area (TPSA) is 181 Å². The van der Waals surface area contributed by atoms with Gasteiger partial charge in [0.25, 0.3) is 0 Å². The number of carboxylic acid groups (broad SMARTS) is 1. The molecule has 0 radical (unpaired) electrons. The largest absolute Gasteiger partial charge is 0.481 e. The number of hydrogen-bond donors (Lipinski definition) is 7. The molecule has 0 aromatic heterocycles. The van der Waals surface area contributed by atoms with E-state index < -0.39 is 5.97 Å². The molecule has 0 bridgehead atoms. The lowest BCUT2D eigenvalue weighted by molar-refractivity contribution is -0.136. The number of nitrogen functional groups attached to an aromatic ring is 1. The summed E-state index contributed by atoms with van der Waals surface area (Å²) in [7, 11) is 0. The molecule has 0 saturated carbocycles. The van der Waals surface area contributed by atoms with Crippen molar-refractivity contribution in [3.8, 4) is 0 Å². The number of allylic oxidation sites excluding steroid dienone is 3. The number of nitrogens with two attached hydrogens (primary N) is 1. The van der Waals surface area contributed by atoms with E-state index in [9.17, 15) is 14.4 Å². The van der Waals surface area contributed by atoms with Crippen molar-refractivity contribution >= 4 is 42.3 Å². The predicted octanol–water partition coefficient (Wildman–Crippen LogP) is 3.32. The fourth-order valence-electron chi connectivity index (χ4n) is 3.33. The first kappa shape index (κ1) is 33.8. The first-order valence-electron chi connectivity index (χ1n) is 12.6. The third kappa shape index (κ3) is 14.1. The summed E-state index contributed by atoms with van der Waals surface area (Å²) in [4.78, 5) is 33.0. The second kappa shape index (κ2) is 19.8. The molecular weight excluding hydrogens is 528 g/mol. The van der Waals surface area contributed by atoms with Crippen molar-refractivity contribution < 1.29 is 19.5 Å². The minimum absolute atomic E-state index is 0.0137. The summed E-state index contributed by atoms with van der Waals surface area (Å²) in [6.07, 6.45) is 6.51. The van der Waals surface area contributed by atoms with Crippen LogP contribution < -0.4 is 21.1 Å². The van der Waals surface area contributed by atoms with Crippen LogP contribution in [0.15, 0.2) is 72.8 Å². The molecule has 8 N–H and O–H groups in total. The van der Waals surface area contributed by atoms with Gasteiger partial charge in [0.05, 0.1) is 12.5 Å². The normalized spacial score (nSPS) is 11.3. The average Bonchev–Trinajstić information content (AvgIpc) is 2.94. The van der Waals surface area contributed by atoms with Gasteiger partial charge in [-0.15, -0.1) is 0 Å². The molecule has 2 rings (SSSR count). The van der Waals surface area contributed by atoms with Crippen LogP contribution in [0.1, 0.15) is 42.0 Å².